The van der Waals surface area contributed by atoms with Crippen LogP contribution in [0, 0.1) is 5.92 Å². The number of rotatable bonds is 7. The Balaban J connectivity index is 4.31. The van der Waals surface area contributed by atoms with Gasteiger partial charge >= 0.3 is 5.97 Å². The number of carboxylic acid groups (broad SMARTS) is 1. The van der Waals surface area contributed by atoms with Crippen molar-refractivity contribution in [1.82, 2.24) is 4.90 Å². The Morgan fingerprint density at radius 2 is 2.00 bits per heavy atom. The zero-order chi connectivity index (χ0) is 12.7. The second kappa shape index (κ2) is 7.22. The Kier molecular flexibility index (Phi) is 6.72. The van der Waals surface area contributed by atoms with Gasteiger partial charge in [-0.3, -0.25) is 4.79 Å². The monoisotopic (exact) mass is 231 g/mol. The largest absolute Gasteiger partial charge is 0.480 e. The molecule has 0 rings (SSSR count). The van der Waals surface area contributed by atoms with E-state index in [1.165, 1.54) is 11.9 Å². The molecule has 0 aromatic carbocycles. The van der Waals surface area contributed by atoms with Gasteiger partial charge in [-0.15, -0.1) is 0 Å². The van der Waals surface area contributed by atoms with Gasteiger partial charge in [0.05, 0.1) is 0 Å². The number of carbonyl (C=O) groups is 2. The maximum Gasteiger partial charge on any atom is 0.326 e. The van der Waals surface area contributed by atoms with Crippen LogP contribution in [-0.2, 0) is 14.3 Å². The maximum atomic E-state index is 11.7. The molecule has 2 unspecified atom stereocenters. The second-order valence-electron chi connectivity index (χ2n) is 4.03. The molecule has 0 fully saturated rings. The highest BCUT2D eigenvalue weighted by Crippen LogP contribution is 2.09. The molecule has 0 aliphatic heterocycles. The van der Waals surface area contributed by atoms with Gasteiger partial charge in [-0.2, -0.15) is 0 Å². The van der Waals surface area contributed by atoms with Crippen molar-refractivity contribution in [2.45, 2.75) is 32.7 Å². The third-order valence-corrected chi connectivity index (χ3v) is 2.51. The van der Waals surface area contributed by atoms with Crippen molar-refractivity contribution >= 4 is 11.9 Å². The molecule has 5 heteroatoms. The zero-order valence-corrected chi connectivity index (χ0v) is 10.4. The fourth-order valence-corrected chi connectivity index (χ4v) is 1.57. The summed E-state index contributed by atoms with van der Waals surface area (Å²) < 4.78 is 4.93. The minimum Gasteiger partial charge on any atom is -0.480 e. The number of methoxy groups -OCH3 is 1. The van der Waals surface area contributed by atoms with Crippen molar-refractivity contribution in [3.8, 4) is 0 Å². The van der Waals surface area contributed by atoms with Gasteiger partial charge in [0.1, 0.15) is 6.04 Å². The van der Waals surface area contributed by atoms with Gasteiger partial charge in [-0.1, -0.05) is 13.8 Å². The number of amides is 1. The van der Waals surface area contributed by atoms with Gasteiger partial charge in [0.2, 0.25) is 5.91 Å². The number of ether oxygens (including phenoxy) is 1. The van der Waals surface area contributed by atoms with Crippen LogP contribution in [0.25, 0.3) is 0 Å². The number of carboxylic acids is 1. The molecular formula is C11H21NO4. The van der Waals surface area contributed by atoms with Crippen LogP contribution in [0.1, 0.15) is 26.7 Å². The molecule has 0 bridgehead atoms. The molecule has 94 valence electrons. The lowest BCUT2D eigenvalue weighted by atomic mass is 10.1. The summed E-state index contributed by atoms with van der Waals surface area (Å²) in [5.74, 6) is -1.01. The third-order valence-electron chi connectivity index (χ3n) is 2.51. The summed E-state index contributed by atoms with van der Waals surface area (Å²) in [5, 5.41) is 8.91. The normalized spacial score (nSPS) is 14.2. The van der Waals surface area contributed by atoms with E-state index in [1.54, 1.807) is 14.0 Å². The molecule has 1 N–H and O–H groups in total. The van der Waals surface area contributed by atoms with Gasteiger partial charge < -0.3 is 14.7 Å². The highest BCUT2D eigenvalue weighted by molar-refractivity contribution is 5.83. The molecule has 0 saturated carbocycles. The molecule has 2 atom stereocenters. The van der Waals surface area contributed by atoms with Crippen LogP contribution < -0.4 is 0 Å². The minimum atomic E-state index is -0.960. The van der Waals surface area contributed by atoms with Gasteiger partial charge in [0.15, 0.2) is 0 Å². The first-order valence-electron chi connectivity index (χ1n) is 5.41. The molecule has 16 heavy (non-hydrogen) atoms. The molecule has 0 aromatic heterocycles. The van der Waals surface area contributed by atoms with Crippen LogP contribution >= 0.6 is 0 Å². The first kappa shape index (κ1) is 14.9. The summed E-state index contributed by atoms with van der Waals surface area (Å²) in [4.78, 5) is 23.9. The molecule has 0 spiro atoms. The van der Waals surface area contributed by atoms with Crippen LogP contribution in [-0.4, -0.2) is 48.7 Å². The average molecular weight is 231 g/mol. The van der Waals surface area contributed by atoms with E-state index in [1.807, 2.05) is 6.92 Å². The molecular weight excluding hydrogens is 210 g/mol. The van der Waals surface area contributed by atoms with Crippen molar-refractivity contribution in [2.24, 2.45) is 5.92 Å². The number of hydrogen-bond acceptors (Lipinski definition) is 3. The summed E-state index contributed by atoms with van der Waals surface area (Å²) in [6.07, 6.45) is 0.727. The minimum absolute atomic E-state index is 0.103. The smallest absolute Gasteiger partial charge is 0.326 e. The maximum absolute atomic E-state index is 11.7. The number of hydrogen-bond donors (Lipinski definition) is 1. The predicted octanol–water partition coefficient (Wildman–Crippen LogP) is 0.981. The first-order valence-corrected chi connectivity index (χ1v) is 5.41. The number of carbonyl (C=O) groups excluding carboxylic acids is 1. The van der Waals surface area contributed by atoms with Crippen molar-refractivity contribution in [3.63, 3.8) is 0 Å². The molecule has 0 aromatic rings. The Hall–Kier alpha value is -1.10. The molecule has 5 nitrogen and oxygen atoms in total. The third kappa shape index (κ3) is 4.61. The molecule has 0 aliphatic rings. The summed E-state index contributed by atoms with van der Waals surface area (Å²) >= 11 is 0. The molecule has 1 amide bonds. The molecule has 0 saturated heterocycles. The lowest BCUT2D eigenvalue weighted by Gasteiger charge is -2.25. The van der Waals surface area contributed by atoms with Crippen LogP contribution in [0.15, 0.2) is 0 Å². The van der Waals surface area contributed by atoms with Crippen LogP contribution in [0.3, 0.4) is 0 Å². The van der Waals surface area contributed by atoms with E-state index in [0.717, 1.165) is 0 Å². The van der Waals surface area contributed by atoms with E-state index in [-0.39, 0.29) is 11.8 Å². The Labute approximate surface area is 96.4 Å². The van der Waals surface area contributed by atoms with E-state index in [4.69, 9.17) is 9.84 Å². The first-order chi connectivity index (χ1) is 7.43. The van der Waals surface area contributed by atoms with Gasteiger partial charge in [-0.05, 0) is 12.3 Å². The molecule has 0 radical (unpaired) electrons. The summed E-state index contributed by atoms with van der Waals surface area (Å²) in [5.41, 5.74) is 0. The second-order valence-corrected chi connectivity index (χ2v) is 4.03. The summed E-state index contributed by atoms with van der Waals surface area (Å²) in [6, 6.07) is -0.734. The molecule has 0 heterocycles. The Morgan fingerprint density at radius 3 is 2.38 bits per heavy atom. The fourth-order valence-electron chi connectivity index (χ4n) is 1.57. The quantitative estimate of drug-likeness (QED) is 0.709. The highest BCUT2D eigenvalue weighted by atomic mass is 16.5. The van der Waals surface area contributed by atoms with Crippen molar-refractivity contribution in [1.29, 1.82) is 0 Å². The highest BCUT2D eigenvalue weighted by Gasteiger charge is 2.25. The number of nitrogens with zero attached hydrogens (tertiary/aromatic N) is 1. The topological polar surface area (TPSA) is 66.8 Å². The van der Waals surface area contributed by atoms with Gasteiger partial charge in [-0.25, -0.2) is 4.79 Å². The van der Waals surface area contributed by atoms with Crippen molar-refractivity contribution in [2.75, 3.05) is 20.8 Å². The van der Waals surface area contributed by atoms with Crippen LogP contribution in [0.4, 0.5) is 0 Å². The van der Waals surface area contributed by atoms with Gasteiger partial charge in [0, 0.05) is 27.2 Å². The fraction of sp³-hybridized carbons (Fsp3) is 0.818. The van der Waals surface area contributed by atoms with E-state index in [0.29, 0.717) is 19.4 Å². The van der Waals surface area contributed by atoms with Crippen LogP contribution in [0.2, 0.25) is 0 Å². The standard InChI is InChI=1S/C11H21NO4/c1-5-9(11(14)15)12(3)10(13)6-8(2)7-16-4/h8-9H,5-7H2,1-4H3,(H,14,15). The van der Waals surface area contributed by atoms with E-state index < -0.39 is 12.0 Å². The number of aliphatic carboxylic acids is 1. The Morgan fingerprint density at radius 1 is 1.44 bits per heavy atom. The van der Waals surface area contributed by atoms with E-state index in [9.17, 15) is 9.59 Å². The van der Waals surface area contributed by atoms with Crippen molar-refractivity contribution in [3.05, 3.63) is 0 Å². The predicted molar refractivity (Wildman–Crippen MR) is 60.1 cm³/mol. The van der Waals surface area contributed by atoms with E-state index in [2.05, 4.69) is 0 Å². The summed E-state index contributed by atoms with van der Waals surface area (Å²) in [6.45, 7) is 4.15. The Bertz CT molecular complexity index is 242. The lowest BCUT2D eigenvalue weighted by Crippen LogP contribution is -2.42. The van der Waals surface area contributed by atoms with Crippen molar-refractivity contribution < 1.29 is 19.4 Å². The molecule has 0 aliphatic carbocycles. The zero-order valence-electron chi connectivity index (χ0n) is 10.4. The average Bonchev–Trinajstić information content (AvgIpc) is 2.18. The van der Waals surface area contributed by atoms with Crippen LogP contribution in [0.5, 0.6) is 0 Å². The number of likely N-dealkylation sites (N-methyl/N-ethyl adjacent to an activating group) is 1. The van der Waals surface area contributed by atoms with E-state index >= 15 is 0 Å². The SMILES string of the molecule is CCC(C(=O)O)N(C)C(=O)CC(C)COC. The van der Waals surface area contributed by atoms with Gasteiger partial charge in [0.25, 0.3) is 0 Å². The summed E-state index contributed by atoms with van der Waals surface area (Å²) in [7, 11) is 3.11. The lowest BCUT2D eigenvalue weighted by molar-refractivity contribution is -0.149.